The molecule has 0 bridgehead atoms. The van der Waals surface area contributed by atoms with Crippen LogP contribution in [0.3, 0.4) is 0 Å². The highest BCUT2D eigenvalue weighted by molar-refractivity contribution is 5.96. The number of nitrogens with zero attached hydrogens (tertiary/aromatic N) is 6. The van der Waals surface area contributed by atoms with E-state index in [1.807, 2.05) is 38.1 Å². The smallest absolute Gasteiger partial charge is 0.318 e. The molecule has 3 heterocycles. The Balaban J connectivity index is 1.48. The predicted molar refractivity (Wildman–Crippen MR) is 161 cm³/mol. The van der Waals surface area contributed by atoms with Crippen molar-refractivity contribution in [2.24, 2.45) is 0 Å². The van der Waals surface area contributed by atoms with E-state index in [1.165, 1.54) is 6.08 Å². The first-order valence-electron chi connectivity index (χ1n) is 14.1. The van der Waals surface area contributed by atoms with Gasteiger partial charge in [0.2, 0.25) is 5.91 Å². The van der Waals surface area contributed by atoms with Gasteiger partial charge >= 0.3 is 6.01 Å². The van der Waals surface area contributed by atoms with E-state index in [0.717, 1.165) is 58.8 Å². The van der Waals surface area contributed by atoms with Crippen LogP contribution in [-0.2, 0) is 22.5 Å². The topological polar surface area (TPSA) is 83.5 Å². The van der Waals surface area contributed by atoms with Gasteiger partial charge in [-0.25, -0.2) is 0 Å². The van der Waals surface area contributed by atoms with Crippen LogP contribution in [0.1, 0.15) is 18.2 Å². The maximum atomic E-state index is 12.2. The van der Waals surface area contributed by atoms with Crippen molar-refractivity contribution in [3.05, 3.63) is 60.3 Å². The Morgan fingerprint density at radius 3 is 2.61 bits per heavy atom. The van der Waals surface area contributed by atoms with Gasteiger partial charge in [0, 0.05) is 69.1 Å². The standard InChI is InChI=1S/C31H40N6O4/c1-6-29(38)35-13-15-36(16-14-35)30-26-11-12-37(20-27(26)32-31(33-30)41-22(2)19-34(3)4)28-18-24(40-21-39-5)17-23-9-7-8-10-25(23)28/h6-10,17-18,22H,1,11-16,19-21H2,2-5H3. The number of carbonyl (C=O) groups excluding carboxylic acids is 1. The summed E-state index contributed by atoms with van der Waals surface area (Å²) >= 11 is 0. The molecule has 0 aliphatic carbocycles. The van der Waals surface area contributed by atoms with Gasteiger partial charge < -0.3 is 33.8 Å². The van der Waals surface area contributed by atoms with Gasteiger partial charge in [-0.15, -0.1) is 0 Å². The first-order valence-corrected chi connectivity index (χ1v) is 14.1. The third-order valence-corrected chi connectivity index (χ3v) is 7.51. The van der Waals surface area contributed by atoms with Gasteiger partial charge in [-0.1, -0.05) is 30.8 Å². The molecule has 3 aromatic rings. The summed E-state index contributed by atoms with van der Waals surface area (Å²) in [4.78, 5) is 30.6. The largest absolute Gasteiger partial charge is 0.467 e. The average Bonchev–Trinajstić information content (AvgIpc) is 2.98. The monoisotopic (exact) mass is 560 g/mol. The fourth-order valence-electron chi connectivity index (χ4n) is 5.64. The molecule has 0 saturated carbocycles. The molecule has 1 atom stereocenters. The Morgan fingerprint density at radius 1 is 1.10 bits per heavy atom. The van der Waals surface area contributed by atoms with Gasteiger partial charge in [-0.05, 0) is 45.0 Å². The second kappa shape index (κ2) is 12.7. The van der Waals surface area contributed by atoms with E-state index in [9.17, 15) is 4.79 Å². The Bertz CT molecular complexity index is 1390. The number of likely N-dealkylation sites (N-methyl/N-ethyl adjacent to an activating group) is 1. The van der Waals surface area contributed by atoms with Crippen molar-refractivity contribution >= 4 is 28.2 Å². The molecule has 41 heavy (non-hydrogen) atoms. The van der Waals surface area contributed by atoms with Crippen molar-refractivity contribution in [2.45, 2.75) is 26.0 Å². The normalized spacial score (nSPS) is 16.1. The number of methoxy groups -OCH3 is 1. The third-order valence-electron chi connectivity index (χ3n) is 7.51. The number of benzene rings is 2. The average molecular weight is 561 g/mol. The highest BCUT2D eigenvalue weighted by Crippen LogP contribution is 2.37. The Kier molecular flexibility index (Phi) is 8.90. The highest BCUT2D eigenvalue weighted by Gasteiger charge is 2.29. The van der Waals surface area contributed by atoms with E-state index in [-0.39, 0.29) is 18.8 Å². The molecule has 1 unspecified atom stereocenters. The first-order chi connectivity index (χ1) is 19.9. The number of hydrogen-bond donors (Lipinski definition) is 0. The van der Waals surface area contributed by atoms with Crippen LogP contribution in [0, 0.1) is 0 Å². The van der Waals surface area contributed by atoms with E-state index in [4.69, 9.17) is 24.2 Å². The quantitative estimate of drug-likeness (QED) is 0.274. The van der Waals surface area contributed by atoms with Gasteiger partial charge in [-0.3, -0.25) is 4.79 Å². The summed E-state index contributed by atoms with van der Waals surface area (Å²) in [5, 5.41) is 2.27. The fourth-order valence-corrected chi connectivity index (χ4v) is 5.64. The molecule has 5 rings (SSSR count). The molecule has 218 valence electrons. The van der Waals surface area contributed by atoms with Crippen molar-refractivity contribution in [2.75, 3.05) is 77.1 Å². The van der Waals surface area contributed by atoms with Crippen LogP contribution < -0.4 is 19.3 Å². The van der Waals surface area contributed by atoms with Crippen LogP contribution in [0.4, 0.5) is 11.5 Å². The molecular weight excluding hydrogens is 520 g/mol. The summed E-state index contributed by atoms with van der Waals surface area (Å²) in [5.41, 5.74) is 3.21. The minimum absolute atomic E-state index is 0.0320. The zero-order chi connectivity index (χ0) is 28.9. The number of anilines is 2. The lowest BCUT2D eigenvalue weighted by Gasteiger charge is -2.38. The second-order valence-corrected chi connectivity index (χ2v) is 10.8. The van der Waals surface area contributed by atoms with Crippen molar-refractivity contribution < 1.29 is 19.0 Å². The van der Waals surface area contributed by atoms with Gasteiger partial charge in [0.1, 0.15) is 17.7 Å². The molecule has 2 aliphatic rings. The number of ether oxygens (including phenoxy) is 3. The summed E-state index contributed by atoms with van der Waals surface area (Å²) < 4.78 is 17.3. The van der Waals surface area contributed by atoms with Crippen LogP contribution in [0.15, 0.2) is 49.1 Å². The van der Waals surface area contributed by atoms with Crippen LogP contribution >= 0.6 is 0 Å². The molecule has 0 N–H and O–H groups in total. The van der Waals surface area contributed by atoms with Crippen LogP contribution in [0.2, 0.25) is 0 Å². The van der Waals surface area contributed by atoms with Gasteiger partial charge in [-0.2, -0.15) is 9.97 Å². The van der Waals surface area contributed by atoms with Crippen LogP contribution in [0.25, 0.3) is 10.8 Å². The number of amides is 1. The highest BCUT2D eigenvalue weighted by atomic mass is 16.7. The molecule has 1 aromatic heterocycles. The summed E-state index contributed by atoms with van der Waals surface area (Å²) in [6.45, 7) is 10.7. The SMILES string of the molecule is C=CC(=O)N1CCN(c2nc(OC(C)CN(C)C)nc3c2CCN(c2cc(OCOC)cc4ccccc24)C3)CC1. The molecule has 0 radical (unpaired) electrons. The molecule has 10 nitrogen and oxygen atoms in total. The van der Waals surface area contributed by atoms with Crippen LogP contribution in [0.5, 0.6) is 11.8 Å². The predicted octanol–water partition coefficient (Wildman–Crippen LogP) is 3.34. The summed E-state index contributed by atoms with van der Waals surface area (Å²) in [6, 6.07) is 12.9. The zero-order valence-corrected chi connectivity index (χ0v) is 24.5. The van der Waals surface area contributed by atoms with Crippen molar-refractivity contribution in [3.63, 3.8) is 0 Å². The summed E-state index contributed by atoms with van der Waals surface area (Å²) in [5.74, 6) is 1.65. The molecule has 10 heteroatoms. The first kappa shape index (κ1) is 28.6. The number of piperazine rings is 1. The summed E-state index contributed by atoms with van der Waals surface area (Å²) in [7, 11) is 5.67. The fraction of sp³-hybridized carbons (Fsp3) is 0.452. The van der Waals surface area contributed by atoms with Gasteiger partial charge in [0.25, 0.3) is 0 Å². The van der Waals surface area contributed by atoms with E-state index in [2.05, 4.69) is 45.5 Å². The number of fused-ring (bicyclic) bond motifs is 2. The van der Waals surface area contributed by atoms with Crippen molar-refractivity contribution in [1.29, 1.82) is 0 Å². The minimum atomic E-state index is -0.0730. The van der Waals surface area contributed by atoms with Gasteiger partial charge in [0.05, 0.1) is 12.2 Å². The lowest BCUT2D eigenvalue weighted by Crippen LogP contribution is -2.49. The van der Waals surface area contributed by atoms with E-state index >= 15 is 0 Å². The maximum Gasteiger partial charge on any atom is 0.318 e. The lowest BCUT2D eigenvalue weighted by atomic mass is 10.0. The molecule has 0 spiro atoms. The Labute approximate surface area is 242 Å². The Hall–Kier alpha value is -3.89. The minimum Gasteiger partial charge on any atom is -0.467 e. The second-order valence-electron chi connectivity index (χ2n) is 10.8. The van der Waals surface area contributed by atoms with Crippen molar-refractivity contribution in [3.8, 4) is 11.8 Å². The molecule has 2 aromatic carbocycles. The zero-order valence-electron chi connectivity index (χ0n) is 24.5. The third kappa shape index (κ3) is 6.55. The molecule has 1 fully saturated rings. The number of rotatable bonds is 10. The van der Waals surface area contributed by atoms with Crippen LogP contribution in [-0.4, -0.2) is 99.0 Å². The van der Waals surface area contributed by atoms with E-state index < -0.39 is 0 Å². The molecule has 1 amide bonds. The summed E-state index contributed by atoms with van der Waals surface area (Å²) in [6.07, 6.45) is 2.10. The number of carbonyl (C=O) groups is 1. The Morgan fingerprint density at radius 2 is 1.88 bits per heavy atom. The molecular formula is C31H40N6O4. The molecule has 2 aliphatic heterocycles. The number of aromatic nitrogens is 2. The van der Waals surface area contributed by atoms with Crippen molar-refractivity contribution in [1.82, 2.24) is 19.8 Å². The number of hydrogen-bond acceptors (Lipinski definition) is 9. The van der Waals surface area contributed by atoms with E-state index in [1.54, 1.807) is 7.11 Å². The van der Waals surface area contributed by atoms with Gasteiger partial charge in [0.15, 0.2) is 6.79 Å². The lowest BCUT2D eigenvalue weighted by molar-refractivity contribution is -0.126. The van der Waals surface area contributed by atoms with E-state index in [0.29, 0.717) is 38.7 Å². The maximum absolute atomic E-state index is 12.2. The molecule has 1 saturated heterocycles.